The highest BCUT2D eigenvalue weighted by molar-refractivity contribution is 5.67. The largest absolute Gasteiger partial charge is 0.368 e. The summed E-state index contributed by atoms with van der Waals surface area (Å²) in [5.41, 5.74) is 7.08. The van der Waals surface area contributed by atoms with Crippen LogP contribution < -0.4 is 10.6 Å². The van der Waals surface area contributed by atoms with Crippen molar-refractivity contribution in [3.8, 4) is 11.3 Å². The van der Waals surface area contributed by atoms with Gasteiger partial charge in [0.05, 0.1) is 12.8 Å². The Morgan fingerprint density at radius 2 is 2.18 bits per heavy atom. The molecule has 5 nitrogen and oxygen atoms in total. The molecule has 0 bridgehead atoms. The molecule has 0 saturated heterocycles. The lowest BCUT2D eigenvalue weighted by Gasteiger charge is -2.20. The highest BCUT2D eigenvalue weighted by atomic mass is 19.1. The number of hydrogen-bond donors (Lipinski definition) is 1. The molecule has 0 aliphatic rings. The van der Waals surface area contributed by atoms with Crippen molar-refractivity contribution < 1.29 is 9.13 Å². The van der Waals surface area contributed by atoms with Crippen LogP contribution in [0, 0.1) is 5.82 Å². The molecule has 0 amide bonds. The van der Waals surface area contributed by atoms with E-state index in [0.29, 0.717) is 18.9 Å². The Labute approximate surface area is 128 Å². The van der Waals surface area contributed by atoms with E-state index in [9.17, 15) is 4.39 Å². The molecule has 2 aromatic rings. The lowest BCUT2D eigenvalue weighted by molar-refractivity contribution is 0.169. The highest BCUT2D eigenvalue weighted by Crippen LogP contribution is 2.25. The Bertz CT molecular complexity index is 675. The van der Waals surface area contributed by atoms with Crippen LogP contribution in [0.15, 0.2) is 55.9 Å². The van der Waals surface area contributed by atoms with E-state index < -0.39 is 5.82 Å². The second-order valence-electron chi connectivity index (χ2n) is 4.42. The van der Waals surface area contributed by atoms with E-state index in [-0.39, 0.29) is 11.6 Å². The summed E-state index contributed by atoms with van der Waals surface area (Å²) in [6.45, 7) is 8.09. The smallest absolute Gasteiger partial charge is 0.220 e. The van der Waals surface area contributed by atoms with Gasteiger partial charge in [-0.2, -0.15) is 0 Å². The summed E-state index contributed by atoms with van der Waals surface area (Å²) in [5.74, 6) is -0.504. The predicted octanol–water partition coefficient (Wildman–Crippen LogP) is 2.97. The number of halogens is 1. The summed E-state index contributed by atoms with van der Waals surface area (Å²) in [6, 6.07) is 7.20. The minimum absolute atomic E-state index is 0.0247. The first kappa shape index (κ1) is 15.7. The molecule has 0 aliphatic carbocycles. The molecule has 1 heterocycles. The number of nitrogen functional groups attached to an aromatic ring is 1. The Balaban J connectivity index is 2.30. The van der Waals surface area contributed by atoms with Crippen molar-refractivity contribution in [3.63, 3.8) is 0 Å². The number of nitrogens with zero attached hydrogens (tertiary/aromatic N) is 3. The van der Waals surface area contributed by atoms with Crippen molar-refractivity contribution in [2.45, 2.75) is 0 Å². The molecule has 0 radical (unpaired) electrons. The summed E-state index contributed by atoms with van der Waals surface area (Å²) in [5, 5.41) is 0. The number of anilines is 2. The maximum absolute atomic E-state index is 13.9. The number of hydrogen-bond acceptors (Lipinski definition) is 5. The lowest BCUT2D eigenvalue weighted by Crippen LogP contribution is -2.19. The zero-order chi connectivity index (χ0) is 15.9. The molecule has 1 aromatic heterocycles. The van der Waals surface area contributed by atoms with Crippen LogP contribution in [-0.4, -0.2) is 23.3 Å². The van der Waals surface area contributed by atoms with Gasteiger partial charge >= 0.3 is 0 Å². The standard InChI is InChI=1S/C16H17FN4O/c1-3-8-22-11-21(4-2)13-7-5-6-12(9-13)15-14(17)10-19-16(18)20-15/h3-7,9-10H,1-2,8,11H2,(H2,18,19,20). The number of nitrogens with two attached hydrogens (primary N) is 1. The normalized spacial score (nSPS) is 10.2. The maximum Gasteiger partial charge on any atom is 0.220 e. The van der Waals surface area contributed by atoms with E-state index >= 15 is 0 Å². The second-order valence-corrected chi connectivity index (χ2v) is 4.42. The zero-order valence-corrected chi connectivity index (χ0v) is 12.1. The molecule has 2 rings (SSSR count). The molecular weight excluding hydrogens is 283 g/mol. The van der Waals surface area contributed by atoms with Gasteiger partial charge in [-0.15, -0.1) is 6.58 Å². The number of benzene rings is 1. The van der Waals surface area contributed by atoms with Gasteiger partial charge in [0.1, 0.15) is 12.4 Å². The van der Waals surface area contributed by atoms with Crippen molar-refractivity contribution in [1.29, 1.82) is 0 Å². The van der Waals surface area contributed by atoms with Gasteiger partial charge in [0.15, 0.2) is 5.82 Å². The second kappa shape index (κ2) is 7.33. The van der Waals surface area contributed by atoms with Gasteiger partial charge < -0.3 is 15.4 Å². The summed E-state index contributed by atoms with van der Waals surface area (Å²) in [4.78, 5) is 9.36. The molecule has 114 valence electrons. The first-order chi connectivity index (χ1) is 10.7. The van der Waals surface area contributed by atoms with Crippen molar-refractivity contribution in [3.05, 3.63) is 61.7 Å². The molecule has 22 heavy (non-hydrogen) atoms. The molecule has 6 heteroatoms. The molecule has 0 saturated carbocycles. The van der Waals surface area contributed by atoms with Gasteiger partial charge in [0.2, 0.25) is 5.95 Å². The van der Waals surface area contributed by atoms with Crippen LogP contribution in [0.4, 0.5) is 16.0 Å². The predicted molar refractivity (Wildman–Crippen MR) is 85.5 cm³/mol. The van der Waals surface area contributed by atoms with Gasteiger partial charge in [-0.1, -0.05) is 24.8 Å². The lowest BCUT2D eigenvalue weighted by atomic mass is 10.1. The summed E-state index contributed by atoms with van der Waals surface area (Å²) in [7, 11) is 0. The third-order valence-corrected chi connectivity index (χ3v) is 2.90. The first-order valence-electron chi connectivity index (χ1n) is 6.62. The average Bonchev–Trinajstić information content (AvgIpc) is 2.54. The Hall–Kier alpha value is -2.73. The number of ether oxygens (including phenoxy) is 1. The van der Waals surface area contributed by atoms with Crippen LogP contribution in [0.1, 0.15) is 0 Å². The van der Waals surface area contributed by atoms with Gasteiger partial charge in [-0.3, -0.25) is 0 Å². The van der Waals surface area contributed by atoms with E-state index in [1.807, 2.05) is 6.07 Å². The molecule has 1 aromatic carbocycles. The Morgan fingerprint density at radius 3 is 2.91 bits per heavy atom. The third kappa shape index (κ3) is 3.67. The summed E-state index contributed by atoms with van der Waals surface area (Å²) in [6.07, 6.45) is 4.35. The van der Waals surface area contributed by atoms with Crippen molar-refractivity contribution >= 4 is 11.6 Å². The van der Waals surface area contributed by atoms with E-state index in [1.54, 1.807) is 35.4 Å². The van der Waals surface area contributed by atoms with Crippen molar-refractivity contribution in [2.24, 2.45) is 0 Å². The van der Waals surface area contributed by atoms with Crippen LogP contribution in [-0.2, 0) is 4.74 Å². The summed E-state index contributed by atoms with van der Waals surface area (Å²) < 4.78 is 19.3. The van der Waals surface area contributed by atoms with Gasteiger partial charge in [0.25, 0.3) is 0 Å². The Kier molecular flexibility index (Phi) is 5.21. The van der Waals surface area contributed by atoms with Crippen LogP contribution >= 0.6 is 0 Å². The number of aromatic nitrogens is 2. The fraction of sp³-hybridized carbons (Fsp3) is 0.125. The molecule has 0 spiro atoms. The molecular formula is C16H17FN4O. The minimum Gasteiger partial charge on any atom is -0.368 e. The van der Waals surface area contributed by atoms with Gasteiger partial charge in [0, 0.05) is 11.3 Å². The molecule has 0 fully saturated rings. The van der Waals surface area contributed by atoms with Crippen LogP contribution in [0.5, 0.6) is 0 Å². The van der Waals surface area contributed by atoms with Gasteiger partial charge in [-0.25, -0.2) is 14.4 Å². The molecule has 2 N–H and O–H groups in total. The van der Waals surface area contributed by atoms with Gasteiger partial charge in [-0.05, 0) is 18.3 Å². The van der Waals surface area contributed by atoms with E-state index in [1.165, 1.54) is 0 Å². The quantitative estimate of drug-likeness (QED) is 0.484. The monoisotopic (exact) mass is 300 g/mol. The summed E-state index contributed by atoms with van der Waals surface area (Å²) >= 11 is 0. The van der Waals surface area contributed by atoms with E-state index in [2.05, 4.69) is 23.1 Å². The fourth-order valence-corrected chi connectivity index (χ4v) is 1.88. The SMILES string of the molecule is C=CCOCN(C=C)c1cccc(-c2nc(N)ncc2F)c1. The maximum atomic E-state index is 13.9. The van der Waals surface area contributed by atoms with Crippen molar-refractivity contribution in [2.75, 3.05) is 24.0 Å². The van der Waals surface area contributed by atoms with E-state index in [4.69, 9.17) is 10.5 Å². The van der Waals surface area contributed by atoms with E-state index in [0.717, 1.165) is 11.9 Å². The molecule has 0 aliphatic heterocycles. The number of rotatable bonds is 7. The molecule has 0 unspecified atom stereocenters. The zero-order valence-electron chi connectivity index (χ0n) is 12.1. The van der Waals surface area contributed by atoms with Crippen molar-refractivity contribution in [1.82, 2.24) is 9.97 Å². The third-order valence-electron chi connectivity index (χ3n) is 2.90. The van der Waals surface area contributed by atoms with Crippen LogP contribution in [0.3, 0.4) is 0 Å². The average molecular weight is 300 g/mol. The minimum atomic E-state index is -0.528. The topological polar surface area (TPSA) is 64.3 Å². The first-order valence-corrected chi connectivity index (χ1v) is 6.62. The fourth-order valence-electron chi connectivity index (χ4n) is 1.88. The highest BCUT2D eigenvalue weighted by Gasteiger charge is 2.10. The Morgan fingerprint density at radius 1 is 1.36 bits per heavy atom. The molecule has 0 atom stereocenters. The van der Waals surface area contributed by atoms with Crippen LogP contribution in [0.25, 0.3) is 11.3 Å². The van der Waals surface area contributed by atoms with Crippen LogP contribution in [0.2, 0.25) is 0 Å².